The van der Waals surface area contributed by atoms with Gasteiger partial charge in [-0.2, -0.15) is 5.26 Å². The fraction of sp³-hybridized carbons (Fsp3) is 0.158. The first-order valence-electron chi connectivity index (χ1n) is 8.07. The van der Waals surface area contributed by atoms with Gasteiger partial charge in [-0.15, -0.1) is 0 Å². The van der Waals surface area contributed by atoms with Gasteiger partial charge in [0.05, 0.1) is 22.2 Å². The van der Waals surface area contributed by atoms with Crippen LogP contribution in [0.1, 0.15) is 12.5 Å². The Morgan fingerprint density at radius 3 is 2.75 bits per heavy atom. The highest BCUT2D eigenvalue weighted by Crippen LogP contribution is 2.34. The Morgan fingerprint density at radius 1 is 1.39 bits per heavy atom. The van der Waals surface area contributed by atoms with Crippen molar-refractivity contribution in [1.82, 2.24) is 0 Å². The third-order valence-corrected chi connectivity index (χ3v) is 4.33. The van der Waals surface area contributed by atoms with E-state index in [1.54, 1.807) is 30.3 Å². The summed E-state index contributed by atoms with van der Waals surface area (Å²) in [6.07, 6.45) is 1.29. The standard InChI is InChI=1S/C19H16IN3O5/c1-3-28-15-6-4-5-14(10-15)22-19(24)13(11-21)7-12-8-16(20)18(27-2)17(9-12)23(25)26/h4-10H,3H2,1-2H3,(H,22,24)/b13-7+. The SMILES string of the molecule is CCOc1cccc(NC(=O)/C(C#N)=C/c2cc(I)c(OC)c([N+](=O)[O-])c2)c1. The van der Waals surface area contributed by atoms with Crippen LogP contribution in [0.25, 0.3) is 6.08 Å². The molecule has 0 atom stereocenters. The van der Waals surface area contributed by atoms with Crippen LogP contribution in [0.4, 0.5) is 11.4 Å². The van der Waals surface area contributed by atoms with Crippen LogP contribution in [0.3, 0.4) is 0 Å². The number of carbonyl (C=O) groups excluding carboxylic acids is 1. The number of methoxy groups -OCH3 is 1. The molecule has 2 aromatic carbocycles. The van der Waals surface area contributed by atoms with Crippen LogP contribution in [0.2, 0.25) is 0 Å². The summed E-state index contributed by atoms with van der Waals surface area (Å²) in [5.41, 5.74) is 0.360. The zero-order valence-corrected chi connectivity index (χ0v) is 17.2. The molecule has 1 N–H and O–H groups in total. The van der Waals surface area contributed by atoms with Crippen molar-refractivity contribution in [3.05, 3.63) is 61.2 Å². The van der Waals surface area contributed by atoms with Crippen LogP contribution in [0, 0.1) is 25.0 Å². The summed E-state index contributed by atoms with van der Waals surface area (Å²) in [5, 5.41) is 23.2. The Kier molecular flexibility index (Phi) is 7.34. The van der Waals surface area contributed by atoms with Crippen molar-refractivity contribution >= 4 is 45.9 Å². The van der Waals surface area contributed by atoms with Crippen molar-refractivity contribution in [2.75, 3.05) is 19.0 Å². The maximum Gasteiger partial charge on any atom is 0.312 e. The molecule has 0 aliphatic carbocycles. The normalized spacial score (nSPS) is 10.7. The van der Waals surface area contributed by atoms with E-state index in [1.165, 1.54) is 19.3 Å². The van der Waals surface area contributed by atoms with E-state index in [0.717, 1.165) is 0 Å². The molecule has 0 radical (unpaired) electrons. The third kappa shape index (κ3) is 5.20. The average molecular weight is 493 g/mol. The molecular formula is C19H16IN3O5. The third-order valence-electron chi connectivity index (χ3n) is 3.53. The molecule has 0 bridgehead atoms. The van der Waals surface area contributed by atoms with Gasteiger partial charge in [0.15, 0.2) is 0 Å². The molecule has 0 aliphatic heterocycles. The molecule has 9 heteroatoms. The molecule has 2 aromatic rings. The van der Waals surface area contributed by atoms with E-state index in [2.05, 4.69) is 5.32 Å². The van der Waals surface area contributed by atoms with Crippen LogP contribution in [-0.4, -0.2) is 24.5 Å². The van der Waals surface area contributed by atoms with Crippen molar-refractivity contribution in [3.63, 3.8) is 0 Å². The number of nitriles is 1. The van der Waals surface area contributed by atoms with Gasteiger partial charge < -0.3 is 14.8 Å². The molecule has 0 saturated heterocycles. The van der Waals surface area contributed by atoms with Crippen LogP contribution in [-0.2, 0) is 4.79 Å². The van der Waals surface area contributed by atoms with Gasteiger partial charge in [-0.1, -0.05) is 6.07 Å². The van der Waals surface area contributed by atoms with Gasteiger partial charge in [0.25, 0.3) is 5.91 Å². The van der Waals surface area contributed by atoms with E-state index in [-0.39, 0.29) is 17.0 Å². The molecule has 0 saturated carbocycles. The van der Waals surface area contributed by atoms with E-state index >= 15 is 0 Å². The number of nitrogens with zero attached hydrogens (tertiary/aromatic N) is 2. The molecule has 0 spiro atoms. The fourth-order valence-electron chi connectivity index (χ4n) is 2.36. The van der Waals surface area contributed by atoms with Crippen molar-refractivity contribution in [3.8, 4) is 17.6 Å². The molecule has 144 valence electrons. The second-order valence-corrected chi connectivity index (χ2v) is 6.56. The highest BCUT2D eigenvalue weighted by Gasteiger charge is 2.20. The lowest BCUT2D eigenvalue weighted by molar-refractivity contribution is -0.385. The summed E-state index contributed by atoms with van der Waals surface area (Å²) in [7, 11) is 1.34. The second kappa shape index (κ2) is 9.70. The Morgan fingerprint density at radius 2 is 2.14 bits per heavy atom. The van der Waals surface area contributed by atoms with Gasteiger partial charge in [0.1, 0.15) is 17.4 Å². The molecule has 0 aromatic heterocycles. The first-order chi connectivity index (χ1) is 13.4. The Balaban J connectivity index is 2.33. The maximum atomic E-state index is 12.4. The predicted octanol–water partition coefficient (Wildman–Crippen LogP) is 4.15. The lowest BCUT2D eigenvalue weighted by Crippen LogP contribution is -2.13. The van der Waals surface area contributed by atoms with Gasteiger partial charge in [0.2, 0.25) is 5.75 Å². The minimum Gasteiger partial charge on any atom is -0.494 e. The first kappa shape index (κ1) is 21.2. The molecule has 1 amide bonds. The number of anilines is 1. The Bertz CT molecular complexity index is 982. The average Bonchev–Trinajstić information content (AvgIpc) is 2.66. The molecule has 0 heterocycles. The minimum atomic E-state index is -0.635. The van der Waals surface area contributed by atoms with E-state index < -0.39 is 10.8 Å². The van der Waals surface area contributed by atoms with Crippen molar-refractivity contribution in [2.24, 2.45) is 0 Å². The summed E-state index contributed by atoms with van der Waals surface area (Å²) in [4.78, 5) is 23.1. The van der Waals surface area contributed by atoms with Crippen LogP contribution in [0.15, 0.2) is 42.0 Å². The Hall–Kier alpha value is -3.13. The van der Waals surface area contributed by atoms with E-state index in [4.69, 9.17) is 9.47 Å². The number of hydrogen-bond acceptors (Lipinski definition) is 6. The zero-order valence-electron chi connectivity index (χ0n) is 15.1. The highest BCUT2D eigenvalue weighted by molar-refractivity contribution is 14.1. The first-order valence-corrected chi connectivity index (χ1v) is 9.15. The summed E-state index contributed by atoms with van der Waals surface area (Å²) < 4.78 is 10.9. The van der Waals surface area contributed by atoms with Gasteiger partial charge in [-0.3, -0.25) is 14.9 Å². The molecule has 2 rings (SSSR count). The van der Waals surface area contributed by atoms with Crippen molar-refractivity contribution in [1.29, 1.82) is 5.26 Å². The van der Waals surface area contributed by atoms with E-state index in [1.807, 2.05) is 35.6 Å². The lowest BCUT2D eigenvalue weighted by Gasteiger charge is -2.08. The summed E-state index contributed by atoms with van der Waals surface area (Å²) in [6, 6.07) is 11.4. The second-order valence-electron chi connectivity index (χ2n) is 5.40. The number of nitro groups is 1. The van der Waals surface area contributed by atoms with Gasteiger partial charge in [-0.25, -0.2) is 0 Å². The fourth-order valence-corrected chi connectivity index (χ4v) is 3.22. The lowest BCUT2D eigenvalue weighted by atomic mass is 10.1. The van der Waals surface area contributed by atoms with Crippen LogP contribution < -0.4 is 14.8 Å². The van der Waals surface area contributed by atoms with Gasteiger partial charge >= 0.3 is 5.69 Å². The number of rotatable bonds is 7. The van der Waals surface area contributed by atoms with Crippen LogP contribution in [0.5, 0.6) is 11.5 Å². The molecule has 0 unspecified atom stereocenters. The highest BCUT2D eigenvalue weighted by atomic mass is 127. The van der Waals surface area contributed by atoms with Crippen LogP contribution >= 0.6 is 22.6 Å². The van der Waals surface area contributed by atoms with Gasteiger partial charge in [0, 0.05) is 17.8 Å². The minimum absolute atomic E-state index is 0.124. The number of hydrogen-bond donors (Lipinski definition) is 1. The summed E-state index contributed by atoms with van der Waals surface area (Å²) >= 11 is 1.90. The number of carbonyl (C=O) groups is 1. The largest absolute Gasteiger partial charge is 0.494 e. The van der Waals surface area contributed by atoms with E-state index in [0.29, 0.717) is 27.2 Å². The monoisotopic (exact) mass is 493 g/mol. The summed E-state index contributed by atoms with van der Waals surface area (Å²) in [6.45, 7) is 2.33. The number of nitro benzene ring substituents is 1. The van der Waals surface area contributed by atoms with Crippen molar-refractivity contribution in [2.45, 2.75) is 6.92 Å². The molecule has 8 nitrogen and oxygen atoms in total. The molecule has 0 fully saturated rings. The molecular weight excluding hydrogens is 477 g/mol. The number of halogens is 1. The Labute approximate surface area is 175 Å². The maximum absolute atomic E-state index is 12.4. The molecule has 0 aliphatic rings. The predicted molar refractivity (Wildman–Crippen MR) is 112 cm³/mol. The quantitative estimate of drug-likeness (QED) is 0.204. The smallest absolute Gasteiger partial charge is 0.312 e. The topological polar surface area (TPSA) is 114 Å². The number of benzene rings is 2. The summed E-state index contributed by atoms with van der Waals surface area (Å²) in [5.74, 6) is 0.0752. The van der Waals surface area contributed by atoms with E-state index in [9.17, 15) is 20.2 Å². The van der Waals surface area contributed by atoms with Crippen molar-refractivity contribution < 1.29 is 19.2 Å². The zero-order chi connectivity index (χ0) is 20.7. The number of amides is 1. The number of ether oxygens (including phenoxy) is 2. The number of nitrogens with one attached hydrogen (secondary N) is 1. The van der Waals surface area contributed by atoms with Gasteiger partial charge in [-0.05, 0) is 59.4 Å². The molecule has 28 heavy (non-hydrogen) atoms.